The van der Waals surface area contributed by atoms with Crippen LogP contribution in [-0.2, 0) is 25.6 Å². The maximum Gasteiger partial charge on any atom is 0.490 e. The van der Waals surface area contributed by atoms with Gasteiger partial charge in [-0.25, -0.2) is 4.79 Å². The Hall–Kier alpha value is -2.86. The zero-order valence-corrected chi connectivity index (χ0v) is 17.2. The van der Waals surface area contributed by atoms with Crippen molar-refractivity contribution in [2.75, 3.05) is 26.2 Å². The van der Waals surface area contributed by atoms with Crippen molar-refractivity contribution in [2.45, 2.75) is 19.0 Å². The van der Waals surface area contributed by atoms with Crippen LogP contribution < -0.4 is 5.32 Å². The van der Waals surface area contributed by atoms with Gasteiger partial charge in [-0.15, -0.1) is 0 Å². The standard InChI is InChI=1S/C17H19ClN2O5.C2HF3O2/c18-12-3-1-11(2-4-12)5-6-19-13(21)7-20-9-16(14(22)23)8-17(16,10-20)15(24)25;3-2(4,5)1(6)7/h1-4H,5-10H2,(H,19,21)(H,22,23)(H,24,25);(H,6,7)/t16-,17+;. The number of hydrogen-bond donors (Lipinski definition) is 4. The molecule has 1 aromatic rings. The zero-order chi connectivity index (χ0) is 24.3. The van der Waals surface area contributed by atoms with Gasteiger partial charge in [0, 0.05) is 24.7 Å². The third-order valence-electron chi connectivity index (χ3n) is 5.46. The van der Waals surface area contributed by atoms with Crippen molar-refractivity contribution in [1.29, 1.82) is 0 Å². The number of aliphatic carboxylic acids is 3. The van der Waals surface area contributed by atoms with Crippen molar-refractivity contribution in [3.63, 3.8) is 0 Å². The minimum atomic E-state index is -5.08. The van der Waals surface area contributed by atoms with Gasteiger partial charge in [-0.2, -0.15) is 13.2 Å². The number of carboxylic acids is 3. The first-order chi connectivity index (χ1) is 14.7. The van der Waals surface area contributed by atoms with Gasteiger partial charge in [0.15, 0.2) is 0 Å². The van der Waals surface area contributed by atoms with Crippen molar-refractivity contribution in [1.82, 2.24) is 10.2 Å². The summed E-state index contributed by atoms with van der Waals surface area (Å²) in [4.78, 5) is 45.5. The number of benzene rings is 1. The Morgan fingerprint density at radius 2 is 1.47 bits per heavy atom. The highest BCUT2D eigenvalue weighted by molar-refractivity contribution is 6.30. The second-order valence-corrected chi connectivity index (χ2v) is 8.06. The van der Waals surface area contributed by atoms with E-state index in [0.29, 0.717) is 18.0 Å². The molecule has 1 saturated carbocycles. The number of nitrogens with zero attached hydrogens (tertiary/aromatic N) is 1. The van der Waals surface area contributed by atoms with Gasteiger partial charge < -0.3 is 20.6 Å². The normalized spacial score (nSPS) is 24.0. The van der Waals surface area contributed by atoms with Crippen molar-refractivity contribution in [3.05, 3.63) is 34.9 Å². The molecule has 0 unspecified atom stereocenters. The van der Waals surface area contributed by atoms with Crippen molar-refractivity contribution in [3.8, 4) is 0 Å². The SMILES string of the molecule is O=C(CN1C[C@@]2(C(=O)O)C[C@@]2(C(=O)O)C1)NCCc1ccc(Cl)cc1.O=C(O)C(F)(F)F. The van der Waals surface area contributed by atoms with Crippen LogP contribution in [0.25, 0.3) is 0 Å². The quantitative estimate of drug-likeness (QED) is 0.459. The zero-order valence-electron chi connectivity index (χ0n) is 16.5. The second kappa shape index (κ2) is 9.33. The van der Waals surface area contributed by atoms with Crippen molar-refractivity contribution in [2.24, 2.45) is 10.8 Å². The van der Waals surface area contributed by atoms with E-state index in [1.165, 1.54) is 0 Å². The number of piperidine rings is 1. The Morgan fingerprint density at radius 3 is 1.88 bits per heavy atom. The summed E-state index contributed by atoms with van der Waals surface area (Å²) >= 11 is 5.81. The van der Waals surface area contributed by atoms with Crippen molar-refractivity contribution >= 4 is 35.4 Å². The lowest BCUT2D eigenvalue weighted by Crippen LogP contribution is -2.39. The maximum atomic E-state index is 12.0. The lowest BCUT2D eigenvalue weighted by atomic mass is 9.97. The van der Waals surface area contributed by atoms with Gasteiger partial charge in [0.25, 0.3) is 0 Å². The topological polar surface area (TPSA) is 144 Å². The summed E-state index contributed by atoms with van der Waals surface area (Å²) in [7, 11) is 0. The van der Waals surface area contributed by atoms with Gasteiger partial charge in [-0.1, -0.05) is 23.7 Å². The molecule has 1 heterocycles. The number of halogens is 4. The molecular weight excluding hydrogens is 461 g/mol. The average Bonchev–Trinajstić information content (AvgIpc) is 3.22. The van der Waals surface area contributed by atoms with E-state index >= 15 is 0 Å². The molecule has 0 radical (unpaired) electrons. The lowest BCUT2D eigenvalue weighted by molar-refractivity contribution is -0.192. The second-order valence-electron chi connectivity index (χ2n) is 7.63. The van der Waals surface area contributed by atoms with Gasteiger partial charge in [0.1, 0.15) is 0 Å². The van der Waals surface area contributed by atoms with Gasteiger partial charge >= 0.3 is 24.1 Å². The molecule has 4 N–H and O–H groups in total. The van der Waals surface area contributed by atoms with E-state index in [9.17, 15) is 37.8 Å². The van der Waals surface area contributed by atoms with Crippen LogP contribution in [-0.4, -0.2) is 76.4 Å². The molecule has 1 amide bonds. The molecule has 32 heavy (non-hydrogen) atoms. The molecule has 0 aromatic heterocycles. The molecule has 0 spiro atoms. The van der Waals surface area contributed by atoms with Crippen LogP contribution in [0.1, 0.15) is 12.0 Å². The highest BCUT2D eigenvalue weighted by atomic mass is 35.5. The van der Waals surface area contributed by atoms with Crippen LogP contribution in [0.4, 0.5) is 13.2 Å². The van der Waals surface area contributed by atoms with Gasteiger partial charge in [0.05, 0.1) is 17.4 Å². The van der Waals surface area contributed by atoms with Crippen LogP contribution in [0.5, 0.6) is 0 Å². The third kappa shape index (κ3) is 5.49. The Kier molecular flexibility index (Phi) is 7.40. The third-order valence-corrected chi connectivity index (χ3v) is 5.71. The summed E-state index contributed by atoms with van der Waals surface area (Å²) in [6, 6.07) is 7.34. The number of carboxylic acid groups (broad SMARTS) is 3. The van der Waals surface area contributed by atoms with Crippen molar-refractivity contribution < 1.29 is 47.7 Å². The monoisotopic (exact) mass is 480 g/mol. The van der Waals surface area contributed by atoms with E-state index in [1.54, 1.807) is 17.0 Å². The fourth-order valence-corrected chi connectivity index (χ4v) is 3.89. The molecule has 1 aliphatic heterocycles. The predicted molar refractivity (Wildman–Crippen MR) is 103 cm³/mol. The van der Waals surface area contributed by atoms with Gasteiger partial charge in [0.2, 0.25) is 5.91 Å². The van der Waals surface area contributed by atoms with Crippen LogP contribution in [0, 0.1) is 10.8 Å². The molecule has 176 valence electrons. The Morgan fingerprint density at radius 1 is 1.00 bits per heavy atom. The lowest BCUT2D eigenvalue weighted by Gasteiger charge is -2.18. The number of carbonyl (C=O) groups excluding carboxylic acids is 1. The maximum absolute atomic E-state index is 12.0. The highest BCUT2D eigenvalue weighted by Gasteiger charge is 2.80. The number of carbonyl (C=O) groups is 4. The minimum absolute atomic E-state index is 0.00464. The largest absolute Gasteiger partial charge is 0.490 e. The number of hydrogen-bond acceptors (Lipinski definition) is 5. The summed E-state index contributed by atoms with van der Waals surface area (Å²) in [5.74, 6) is -5.19. The van der Waals surface area contributed by atoms with Crippen LogP contribution in [0.15, 0.2) is 24.3 Å². The fraction of sp³-hybridized carbons (Fsp3) is 0.474. The van der Waals surface area contributed by atoms with E-state index in [2.05, 4.69) is 5.32 Å². The predicted octanol–water partition coefficient (Wildman–Crippen LogP) is 1.49. The summed E-state index contributed by atoms with van der Waals surface area (Å²) in [5, 5.41) is 29.3. The summed E-state index contributed by atoms with van der Waals surface area (Å²) < 4.78 is 31.7. The first-order valence-corrected chi connectivity index (χ1v) is 9.62. The van der Waals surface area contributed by atoms with E-state index < -0.39 is 34.9 Å². The first kappa shape index (κ1) is 25.4. The molecule has 1 saturated heterocycles. The number of fused-ring (bicyclic) bond motifs is 1. The number of nitrogens with one attached hydrogen (secondary N) is 1. The smallest absolute Gasteiger partial charge is 0.481 e. The van der Waals surface area contributed by atoms with Crippen LogP contribution in [0.2, 0.25) is 5.02 Å². The molecule has 0 bridgehead atoms. The van der Waals surface area contributed by atoms with E-state index in [1.807, 2.05) is 12.1 Å². The number of rotatable bonds is 7. The first-order valence-electron chi connectivity index (χ1n) is 9.24. The van der Waals surface area contributed by atoms with E-state index in [-0.39, 0.29) is 32.0 Å². The Labute approximate surface area is 184 Å². The molecular formula is C19H20ClF3N2O7. The van der Waals surface area contributed by atoms with E-state index in [4.69, 9.17) is 21.5 Å². The number of alkyl halides is 3. The summed E-state index contributed by atoms with van der Waals surface area (Å²) in [6.07, 6.45) is -4.29. The van der Waals surface area contributed by atoms with E-state index in [0.717, 1.165) is 5.56 Å². The van der Waals surface area contributed by atoms with Gasteiger partial charge in [-0.3, -0.25) is 19.3 Å². The highest BCUT2D eigenvalue weighted by Crippen LogP contribution is 2.68. The molecule has 9 nitrogen and oxygen atoms in total. The summed E-state index contributed by atoms with van der Waals surface area (Å²) in [5.41, 5.74) is -1.45. The number of likely N-dealkylation sites (tertiary alicyclic amines) is 1. The molecule has 2 atom stereocenters. The Balaban J connectivity index is 0.000000451. The molecule has 2 aliphatic rings. The number of amides is 1. The fourth-order valence-electron chi connectivity index (χ4n) is 3.77. The van der Waals surface area contributed by atoms with Crippen LogP contribution in [0.3, 0.4) is 0 Å². The molecule has 1 aromatic carbocycles. The molecule has 3 rings (SSSR count). The minimum Gasteiger partial charge on any atom is -0.481 e. The Bertz CT molecular complexity index is 881. The summed E-state index contributed by atoms with van der Waals surface area (Å²) in [6.45, 7) is 0.644. The molecule has 1 aliphatic carbocycles. The van der Waals surface area contributed by atoms with Gasteiger partial charge in [-0.05, 0) is 30.5 Å². The average molecular weight is 481 g/mol. The van der Waals surface area contributed by atoms with Crippen LogP contribution >= 0.6 is 11.6 Å². The molecule has 13 heteroatoms. The molecule has 2 fully saturated rings.